The van der Waals surface area contributed by atoms with E-state index in [1.165, 1.54) is 11.1 Å². The Bertz CT molecular complexity index is 1130. The molecule has 1 fully saturated rings. The van der Waals surface area contributed by atoms with Gasteiger partial charge in [-0.15, -0.1) is 0 Å². The van der Waals surface area contributed by atoms with E-state index >= 15 is 0 Å². The molecule has 174 valence electrons. The van der Waals surface area contributed by atoms with Crippen molar-refractivity contribution in [2.75, 3.05) is 38.1 Å². The van der Waals surface area contributed by atoms with Gasteiger partial charge in [0.1, 0.15) is 6.61 Å². The Morgan fingerprint density at radius 2 is 1.65 bits per heavy atom. The zero-order valence-electron chi connectivity index (χ0n) is 18.9. The molecule has 1 saturated heterocycles. The monoisotopic (exact) mass is 457 g/mol. The predicted octanol–water partition coefficient (Wildman–Crippen LogP) is 2.13. The van der Waals surface area contributed by atoms with Gasteiger partial charge in [0.25, 0.3) is 0 Å². The number of amides is 1. The van der Waals surface area contributed by atoms with Gasteiger partial charge in [0.15, 0.2) is 0 Å². The second-order valence-corrected chi connectivity index (χ2v) is 8.81. The van der Waals surface area contributed by atoms with Gasteiger partial charge >= 0.3 is 13.2 Å². The van der Waals surface area contributed by atoms with Crippen LogP contribution >= 0.6 is 0 Å². The molecule has 2 aliphatic rings. The third kappa shape index (κ3) is 4.86. The van der Waals surface area contributed by atoms with Gasteiger partial charge in [0.05, 0.1) is 0 Å². The minimum Gasteiger partial charge on any atom is -0.448 e. The predicted molar refractivity (Wildman–Crippen MR) is 133 cm³/mol. The molecule has 5 rings (SSSR count). The second-order valence-electron chi connectivity index (χ2n) is 8.81. The molecule has 0 radical (unpaired) electrons. The van der Waals surface area contributed by atoms with E-state index in [1.54, 1.807) is 12.1 Å². The number of carbonyl (C=O) groups excluding carboxylic acids is 1. The van der Waals surface area contributed by atoms with E-state index in [0.29, 0.717) is 17.7 Å². The molecule has 34 heavy (non-hydrogen) atoms. The lowest BCUT2D eigenvalue weighted by atomic mass is 9.79. The third-order valence-corrected chi connectivity index (χ3v) is 6.52. The van der Waals surface area contributed by atoms with Crippen molar-refractivity contribution < 1.29 is 19.6 Å². The van der Waals surface area contributed by atoms with E-state index in [-0.39, 0.29) is 12.5 Å². The van der Waals surface area contributed by atoms with Gasteiger partial charge in [-0.2, -0.15) is 0 Å². The van der Waals surface area contributed by atoms with Crippen molar-refractivity contribution in [2.24, 2.45) is 0 Å². The van der Waals surface area contributed by atoms with Crippen LogP contribution in [0.15, 0.2) is 66.7 Å². The van der Waals surface area contributed by atoms with Crippen LogP contribution in [0.3, 0.4) is 0 Å². The van der Waals surface area contributed by atoms with Crippen LogP contribution in [-0.2, 0) is 11.3 Å². The quantitative estimate of drug-likeness (QED) is 0.424. The lowest BCUT2D eigenvalue weighted by Crippen LogP contribution is -2.43. The summed E-state index contributed by atoms with van der Waals surface area (Å²) in [5.74, 6) is -0.0213. The van der Waals surface area contributed by atoms with Crippen LogP contribution in [0.25, 0.3) is 11.1 Å². The topological polar surface area (TPSA) is 94.1 Å². The lowest BCUT2D eigenvalue weighted by Gasteiger charge is -2.27. The van der Waals surface area contributed by atoms with Gasteiger partial charge in [-0.05, 0) is 45.4 Å². The first-order valence-corrected chi connectivity index (χ1v) is 11.6. The van der Waals surface area contributed by atoms with Crippen LogP contribution in [0, 0.1) is 0 Å². The smallest absolute Gasteiger partial charge is 0.448 e. The van der Waals surface area contributed by atoms with Crippen molar-refractivity contribution in [3.63, 3.8) is 0 Å². The number of fused-ring (bicyclic) bond motifs is 3. The molecule has 8 heteroatoms. The molecule has 1 heterocycles. The van der Waals surface area contributed by atoms with Crippen LogP contribution in [0.1, 0.15) is 22.6 Å². The zero-order chi connectivity index (χ0) is 23.5. The summed E-state index contributed by atoms with van der Waals surface area (Å²) in [6.45, 7) is 4.57. The molecule has 0 atom stereocenters. The van der Waals surface area contributed by atoms with E-state index in [0.717, 1.165) is 42.9 Å². The fourth-order valence-electron chi connectivity index (χ4n) is 4.91. The summed E-state index contributed by atoms with van der Waals surface area (Å²) in [6, 6.07) is 21.6. The first kappa shape index (κ1) is 22.6. The fraction of sp³-hybridized carbons (Fsp3) is 0.269. The minimum absolute atomic E-state index is 0.0213. The molecule has 0 aromatic heterocycles. The lowest BCUT2D eigenvalue weighted by molar-refractivity contribution is 0.158. The van der Waals surface area contributed by atoms with Gasteiger partial charge in [-0.3, -0.25) is 10.2 Å². The molecule has 0 bridgehead atoms. The highest BCUT2D eigenvalue weighted by atomic mass is 16.5. The van der Waals surface area contributed by atoms with Crippen molar-refractivity contribution in [3.05, 3.63) is 83.4 Å². The van der Waals surface area contributed by atoms with E-state index < -0.39 is 13.2 Å². The SMILES string of the molecule is O=C(Nc1cc(CN2CCNCC2)cc(B(O)O)c1)OCC1c2ccccc2-c2ccccc21. The van der Waals surface area contributed by atoms with E-state index in [2.05, 4.69) is 39.8 Å². The van der Waals surface area contributed by atoms with Crippen LogP contribution in [0.2, 0.25) is 0 Å². The Morgan fingerprint density at radius 1 is 1.00 bits per heavy atom. The minimum atomic E-state index is -1.62. The Morgan fingerprint density at radius 3 is 2.29 bits per heavy atom. The molecule has 0 spiro atoms. The summed E-state index contributed by atoms with van der Waals surface area (Å²) in [4.78, 5) is 15.0. The molecular weight excluding hydrogens is 429 g/mol. The average Bonchev–Trinajstić information content (AvgIpc) is 3.17. The fourth-order valence-corrected chi connectivity index (χ4v) is 4.91. The van der Waals surface area contributed by atoms with Gasteiger partial charge in [-0.25, -0.2) is 4.79 Å². The van der Waals surface area contributed by atoms with Crippen molar-refractivity contribution in [3.8, 4) is 11.1 Å². The summed E-state index contributed by atoms with van der Waals surface area (Å²) in [6.07, 6.45) is -0.570. The highest BCUT2D eigenvalue weighted by Gasteiger charge is 2.29. The number of nitrogens with one attached hydrogen (secondary N) is 2. The normalized spacial score (nSPS) is 15.5. The second kappa shape index (κ2) is 9.99. The number of carbonyl (C=O) groups is 1. The third-order valence-electron chi connectivity index (χ3n) is 6.52. The number of nitrogens with zero attached hydrogens (tertiary/aromatic N) is 1. The molecule has 3 aromatic carbocycles. The first-order valence-electron chi connectivity index (χ1n) is 11.6. The molecule has 7 nitrogen and oxygen atoms in total. The average molecular weight is 457 g/mol. The first-order chi connectivity index (χ1) is 16.6. The zero-order valence-corrected chi connectivity index (χ0v) is 18.9. The summed E-state index contributed by atoms with van der Waals surface area (Å²) >= 11 is 0. The van der Waals surface area contributed by atoms with Gasteiger partial charge < -0.3 is 20.1 Å². The van der Waals surface area contributed by atoms with Crippen LogP contribution in [-0.4, -0.2) is 60.9 Å². The van der Waals surface area contributed by atoms with Crippen molar-refractivity contribution >= 4 is 24.4 Å². The van der Waals surface area contributed by atoms with Crippen LogP contribution in [0.4, 0.5) is 10.5 Å². The summed E-state index contributed by atoms with van der Waals surface area (Å²) in [5.41, 5.74) is 6.37. The summed E-state index contributed by atoms with van der Waals surface area (Å²) in [7, 11) is -1.62. The molecule has 0 unspecified atom stereocenters. The van der Waals surface area contributed by atoms with Crippen LogP contribution in [0.5, 0.6) is 0 Å². The number of rotatable bonds is 6. The van der Waals surface area contributed by atoms with Crippen molar-refractivity contribution in [1.82, 2.24) is 10.2 Å². The molecule has 1 aliphatic heterocycles. The molecule has 3 aromatic rings. The van der Waals surface area contributed by atoms with Crippen molar-refractivity contribution in [2.45, 2.75) is 12.5 Å². The molecule has 0 saturated carbocycles. The molecule has 1 amide bonds. The maximum absolute atomic E-state index is 12.7. The molecule has 1 aliphatic carbocycles. The number of ether oxygens (including phenoxy) is 1. The van der Waals surface area contributed by atoms with Gasteiger partial charge in [0, 0.05) is 44.3 Å². The Labute approximate surface area is 199 Å². The Balaban J connectivity index is 1.28. The highest BCUT2D eigenvalue weighted by molar-refractivity contribution is 6.58. The number of benzene rings is 3. The maximum atomic E-state index is 12.7. The Hall–Kier alpha value is -3.17. The Kier molecular flexibility index (Phi) is 6.64. The van der Waals surface area contributed by atoms with Gasteiger partial charge in [-0.1, -0.05) is 54.6 Å². The molecular formula is C26H28BN3O4. The van der Waals surface area contributed by atoms with Crippen molar-refractivity contribution in [1.29, 1.82) is 0 Å². The molecule has 4 N–H and O–H groups in total. The summed E-state index contributed by atoms with van der Waals surface area (Å²) in [5, 5.41) is 25.6. The van der Waals surface area contributed by atoms with Gasteiger partial charge in [0.2, 0.25) is 0 Å². The largest absolute Gasteiger partial charge is 0.488 e. The highest BCUT2D eigenvalue weighted by Crippen LogP contribution is 2.44. The number of hydrogen-bond donors (Lipinski definition) is 4. The number of anilines is 1. The number of hydrogen-bond acceptors (Lipinski definition) is 6. The maximum Gasteiger partial charge on any atom is 0.488 e. The summed E-state index contributed by atoms with van der Waals surface area (Å²) < 4.78 is 5.64. The van der Waals surface area contributed by atoms with E-state index in [1.807, 2.05) is 30.3 Å². The number of piperazine rings is 1. The van der Waals surface area contributed by atoms with Crippen LogP contribution < -0.4 is 16.1 Å². The standard InChI is InChI=1S/C26H28BN3O4/c31-26(34-17-25-23-7-3-1-5-21(23)22-6-2-4-8-24(22)25)29-20-14-18(13-19(15-20)27(32)33)16-30-11-9-28-10-12-30/h1-8,13-15,25,28,32-33H,9-12,16-17H2,(H,29,31). The van der Waals surface area contributed by atoms with E-state index in [4.69, 9.17) is 4.74 Å². The van der Waals surface area contributed by atoms with E-state index in [9.17, 15) is 14.8 Å².